The Kier molecular flexibility index (Phi) is 10.4. The van der Waals surface area contributed by atoms with Gasteiger partial charge in [0.25, 0.3) is 0 Å². The first-order valence-electron chi connectivity index (χ1n) is 11.8. The van der Waals surface area contributed by atoms with Crippen LogP contribution in [-0.2, 0) is 23.9 Å². The number of nitrogens with zero attached hydrogens (tertiary/aromatic N) is 1. The average molecular weight is 458 g/mol. The number of hydrogen-bond acceptors (Lipinski definition) is 6. The number of cyclic esters (lactones) is 1. The highest BCUT2D eigenvalue weighted by Gasteiger charge is 2.25. The van der Waals surface area contributed by atoms with Crippen molar-refractivity contribution in [3.05, 3.63) is 48.0 Å². The van der Waals surface area contributed by atoms with Crippen LogP contribution in [0.15, 0.2) is 42.5 Å². The average Bonchev–Trinajstić information content (AvgIpc) is 2.83. The second-order valence-electron chi connectivity index (χ2n) is 8.47. The Hall–Kier alpha value is -2.71. The summed E-state index contributed by atoms with van der Waals surface area (Å²) in [6.07, 6.45) is 6.06. The van der Waals surface area contributed by atoms with Crippen LogP contribution >= 0.6 is 0 Å². The number of ether oxygens (including phenoxy) is 2. The zero-order valence-electron chi connectivity index (χ0n) is 19.2. The fraction of sp³-hybridized carbons (Fsp3) is 0.560. The van der Waals surface area contributed by atoms with Gasteiger partial charge in [0.05, 0.1) is 25.2 Å². The SMILES string of the molecule is O=C(C[C@@H]1CC=CCCC(=O)N[C@H](c2ccccc2)COC1=O)NCCCN1CCOCC1. The van der Waals surface area contributed by atoms with Gasteiger partial charge < -0.3 is 20.1 Å². The van der Waals surface area contributed by atoms with Crippen LogP contribution in [0.5, 0.6) is 0 Å². The molecule has 0 radical (unpaired) electrons. The predicted octanol–water partition coefficient (Wildman–Crippen LogP) is 1.97. The molecule has 2 aliphatic rings. The van der Waals surface area contributed by atoms with Crippen LogP contribution in [0, 0.1) is 5.92 Å². The van der Waals surface area contributed by atoms with E-state index in [2.05, 4.69) is 15.5 Å². The van der Waals surface area contributed by atoms with Crippen molar-refractivity contribution in [3.8, 4) is 0 Å². The fourth-order valence-corrected chi connectivity index (χ4v) is 3.96. The zero-order valence-corrected chi connectivity index (χ0v) is 19.2. The van der Waals surface area contributed by atoms with Crippen molar-refractivity contribution in [2.75, 3.05) is 46.0 Å². The Balaban J connectivity index is 1.51. The van der Waals surface area contributed by atoms with Crippen molar-refractivity contribution >= 4 is 17.8 Å². The molecule has 1 aromatic carbocycles. The number of rotatable bonds is 7. The molecule has 0 unspecified atom stereocenters. The van der Waals surface area contributed by atoms with E-state index in [4.69, 9.17) is 9.47 Å². The van der Waals surface area contributed by atoms with Gasteiger partial charge >= 0.3 is 5.97 Å². The van der Waals surface area contributed by atoms with Crippen LogP contribution in [0.1, 0.15) is 43.7 Å². The molecule has 0 bridgehead atoms. The molecule has 2 atom stereocenters. The Bertz CT molecular complexity index is 792. The third-order valence-electron chi connectivity index (χ3n) is 5.90. The topological polar surface area (TPSA) is 97.0 Å². The summed E-state index contributed by atoms with van der Waals surface area (Å²) in [7, 11) is 0. The highest BCUT2D eigenvalue weighted by molar-refractivity contribution is 5.83. The number of carbonyl (C=O) groups is 3. The van der Waals surface area contributed by atoms with Gasteiger partial charge in [-0.3, -0.25) is 19.3 Å². The van der Waals surface area contributed by atoms with Crippen molar-refractivity contribution in [3.63, 3.8) is 0 Å². The van der Waals surface area contributed by atoms with Crippen molar-refractivity contribution < 1.29 is 23.9 Å². The molecule has 2 N–H and O–H groups in total. The van der Waals surface area contributed by atoms with Gasteiger partial charge in [-0.05, 0) is 31.4 Å². The molecule has 2 amide bonds. The fourth-order valence-electron chi connectivity index (χ4n) is 3.96. The summed E-state index contributed by atoms with van der Waals surface area (Å²) in [6, 6.07) is 9.04. The summed E-state index contributed by atoms with van der Waals surface area (Å²) in [6.45, 7) is 4.92. The molecule has 8 heteroatoms. The molecule has 0 saturated carbocycles. The summed E-state index contributed by atoms with van der Waals surface area (Å²) in [5.74, 6) is -1.20. The molecule has 8 nitrogen and oxygen atoms in total. The van der Waals surface area contributed by atoms with E-state index in [0.29, 0.717) is 25.8 Å². The summed E-state index contributed by atoms with van der Waals surface area (Å²) in [5, 5.41) is 5.88. The number of carbonyl (C=O) groups excluding carboxylic acids is 3. The van der Waals surface area contributed by atoms with Crippen molar-refractivity contribution in [1.82, 2.24) is 15.5 Å². The van der Waals surface area contributed by atoms with Crippen LogP contribution in [0.2, 0.25) is 0 Å². The van der Waals surface area contributed by atoms with E-state index in [0.717, 1.165) is 44.8 Å². The first kappa shape index (κ1) is 24.9. The van der Waals surface area contributed by atoms with Gasteiger partial charge in [0.2, 0.25) is 11.8 Å². The van der Waals surface area contributed by atoms with Gasteiger partial charge in [-0.15, -0.1) is 0 Å². The summed E-state index contributed by atoms with van der Waals surface area (Å²) < 4.78 is 10.9. The maximum Gasteiger partial charge on any atom is 0.309 e. The summed E-state index contributed by atoms with van der Waals surface area (Å²) in [4.78, 5) is 39.9. The molecule has 1 fully saturated rings. The van der Waals surface area contributed by atoms with Crippen molar-refractivity contribution in [1.29, 1.82) is 0 Å². The Morgan fingerprint density at radius 2 is 1.91 bits per heavy atom. The number of amides is 2. The molecule has 0 spiro atoms. The molecule has 1 saturated heterocycles. The number of hydrogen-bond donors (Lipinski definition) is 2. The van der Waals surface area contributed by atoms with Gasteiger partial charge in [0.1, 0.15) is 6.61 Å². The maximum atomic E-state index is 12.8. The lowest BCUT2D eigenvalue weighted by Crippen LogP contribution is -2.38. The predicted molar refractivity (Wildman–Crippen MR) is 124 cm³/mol. The minimum atomic E-state index is -0.549. The number of nitrogens with one attached hydrogen (secondary N) is 2. The third-order valence-corrected chi connectivity index (χ3v) is 5.90. The number of esters is 1. The van der Waals surface area contributed by atoms with Crippen LogP contribution < -0.4 is 10.6 Å². The second-order valence-corrected chi connectivity index (χ2v) is 8.47. The molecule has 0 aliphatic carbocycles. The van der Waals surface area contributed by atoms with E-state index in [1.54, 1.807) is 0 Å². The normalized spacial score (nSPS) is 23.0. The first-order chi connectivity index (χ1) is 16.1. The van der Waals surface area contributed by atoms with Crippen LogP contribution in [0.25, 0.3) is 0 Å². The smallest absolute Gasteiger partial charge is 0.309 e. The third kappa shape index (κ3) is 8.98. The van der Waals surface area contributed by atoms with Crippen LogP contribution in [0.4, 0.5) is 0 Å². The Morgan fingerprint density at radius 1 is 1.12 bits per heavy atom. The molecule has 33 heavy (non-hydrogen) atoms. The van der Waals surface area contributed by atoms with E-state index in [-0.39, 0.29) is 24.8 Å². The van der Waals surface area contributed by atoms with Crippen LogP contribution in [0.3, 0.4) is 0 Å². The highest BCUT2D eigenvalue weighted by atomic mass is 16.5. The van der Waals surface area contributed by atoms with Gasteiger partial charge in [-0.2, -0.15) is 0 Å². The van der Waals surface area contributed by atoms with Gasteiger partial charge in [-0.1, -0.05) is 42.5 Å². The lowest BCUT2D eigenvalue weighted by atomic mass is 10.00. The first-order valence-corrected chi connectivity index (χ1v) is 11.8. The molecule has 2 aliphatic heterocycles. The van der Waals surface area contributed by atoms with E-state index in [9.17, 15) is 14.4 Å². The van der Waals surface area contributed by atoms with Crippen LogP contribution in [-0.4, -0.2) is 68.7 Å². The molecule has 0 aromatic heterocycles. The van der Waals surface area contributed by atoms with Gasteiger partial charge in [0, 0.05) is 32.5 Å². The monoisotopic (exact) mass is 457 g/mol. The molecular formula is C25H35N3O5. The summed E-state index contributed by atoms with van der Waals surface area (Å²) in [5.41, 5.74) is 0.876. The molecule has 3 rings (SSSR count). The largest absolute Gasteiger partial charge is 0.463 e. The van der Waals surface area contributed by atoms with Gasteiger partial charge in [-0.25, -0.2) is 0 Å². The van der Waals surface area contributed by atoms with Crippen molar-refractivity contribution in [2.24, 2.45) is 5.92 Å². The second kappa shape index (κ2) is 13.7. The quantitative estimate of drug-likeness (QED) is 0.369. The Morgan fingerprint density at radius 3 is 2.70 bits per heavy atom. The number of benzene rings is 1. The highest BCUT2D eigenvalue weighted by Crippen LogP contribution is 2.18. The van der Waals surface area contributed by atoms with E-state index in [1.807, 2.05) is 42.5 Å². The molecule has 180 valence electrons. The molecular weight excluding hydrogens is 422 g/mol. The maximum absolute atomic E-state index is 12.8. The summed E-state index contributed by atoms with van der Waals surface area (Å²) >= 11 is 0. The van der Waals surface area contributed by atoms with Crippen molar-refractivity contribution in [2.45, 2.75) is 38.1 Å². The van der Waals surface area contributed by atoms with E-state index >= 15 is 0 Å². The number of morpholine rings is 1. The Labute approximate surface area is 195 Å². The molecule has 2 heterocycles. The zero-order chi connectivity index (χ0) is 23.3. The lowest BCUT2D eigenvalue weighted by Gasteiger charge is -2.26. The lowest BCUT2D eigenvalue weighted by molar-refractivity contribution is -0.151. The van der Waals surface area contributed by atoms with E-state index < -0.39 is 17.9 Å². The minimum Gasteiger partial charge on any atom is -0.463 e. The minimum absolute atomic E-state index is 0.0377. The van der Waals surface area contributed by atoms with E-state index in [1.165, 1.54) is 0 Å². The standard InChI is InChI=1S/C25H35N3O5/c29-23-11-6-2-5-10-21(18-24(30)26-12-7-13-28-14-16-32-17-15-28)25(31)33-19-22(27-23)20-8-3-1-4-9-20/h1-5,8-9,21-22H,6-7,10-19H2,(H,26,30)(H,27,29)/t21-,22-/m0/s1. The van der Waals surface area contributed by atoms with Gasteiger partial charge in [0.15, 0.2) is 0 Å². The molecule has 1 aromatic rings. The number of allylic oxidation sites excluding steroid dienone is 2.